The van der Waals surface area contributed by atoms with E-state index in [9.17, 15) is 9.59 Å². The minimum absolute atomic E-state index is 0.0275. The second kappa shape index (κ2) is 7.38. The molecule has 1 saturated carbocycles. The highest BCUT2D eigenvalue weighted by molar-refractivity contribution is 8.00. The van der Waals surface area contributed by atoms with Gasteiger partial charge in [0.05, 0.1) is 5.92 Å². The highest BCUT2D eigenvalue weighted by Gasteiger charge is 2.30. The van der Waals surface area contributed by atoms with E-state index in [-0.39, 0.29) is 18.0 Å². The highest BCUT2D eigenvalue weighted by atomic mass is 32.2. The first-order valence-electron chi connectivity index (χ1n) is 7.87. The zero-order valence-electron chi connectivity index (χ0n) is 12.9. The maximum absolute atomic E-state index is 12.3. The molecule has 2 N–H and O–H groups in total. The van der Waals surface area contributed by atoms with Crippen molar-refractivity contribution in [2.75, 3.05) is 18.8 Å². The average molecular weight is 314 g/mol. The molecule has 2 aliphatic rings. The summed E-state index contributed by atoms with van der Waals surface area (Å²) in [5.41, 5.74) is 0. The molecular formula is C15H26N2O3S. The summed E-state index contributed by atoms with van der Waals surface area (Å²) in [7, 11) is 0. The Kier molecular flexibility index (Phi) is 5.79. The molecule has 0 bridgehead atoms. The molecular weight excluding hydrogens is 288 g/mol. The van der Waals surface area contributed by atoms with Gasteiger partial charge in [0.2, 0.25) is 0 Å². The Morgan fingerprint density at radius 1 is 1.24 bits per heavy atom. The van der Waals surface area contributed by atoms with E-state index >= 15 is 0 Å². The van der Waals surface area contributed by atoms with E-state index in [1.807, 2.05) is 16.7 Å². The fourth-order valence-corrected chi connectivity index (χ4v) is 4.31. The van der Waals surface area contributed by atoms with Crippen molar-refractivity contribution in [3.05, 3.63) is 0 Å². The Morgan fingerprint density at radius 3 is 2.48 bits per heavy atom. The number of carboxylic acid groups (broad SMARTS) is 1. The number of amides is 2. The van der Waals surface area contributed by atoms with Crippen LogP contribution in [0.2, 0.25) is 0 Å². The van der Waals surface area contributed by atoms with E-state index in [1.54, 1.807) is 0 Å². The van der Waals surface area contributed by atoms with Crippen molar-refractivity contribution in [1.82, 2.24) is 10.2 Å². The van der Waals surface area contributed by atoms with Crippen molar-refractivity contribution in [3.8, 4) is 0 Å². The maximum Gasteiger partial charge on any atom is 0.317 e. The van der Waals surface area contributed by atoms with Crippen molar-refractivity contribution in [2.24, 2.45) is 11.8 Å². The lowest BCUT2D eigenvalue weighted by Gasteiger charge is -2.36. The predicted molar refractivity (Wildman–Crippen MR) is 84.6 cm³/mol. The largest absolute Gasteiger partial charge is 0.481 e. The third-order valence-electron chi connectivity index (χ3n) is 4.53. The molecule has 1 saturated heterocycles. The van der Waals surface area contributed by atoms with Crippen LogP contribution < -0.4 is 5.32 Å². The fourth-order valence-electron chi connectivity index (χ4n) is 3.01. The predicted octanol–water partition coefficient (Wildman–Crippen LogP) is 2.41. The summed E-state index contributed by atoms with van der Waals surface area (Å²) >= 11 is 1.96. The SMILES string of the molecule is CC(C)C1CN(C(=O)NC2CCC(C(=O)O)CC2)CCS1. The second-order valence-corrected chi connectivity index (χ2v) is 7.78. The molecule has 0 spiro atoms. The molecule has 0 radical (unpaired) electrons. The van der Waals surface area contributed by atoms with E-state index in [0.717, 1.165) is 31.7 Å². The summed E-state index contributed by atoms with van der Waals surface area (Å²) in [5.74, 6) is 0.654. The lowest BCUT2D eigenvalue weighted by molar-refractivity contribution is -0.142. The van der Waals surface area contributed by atoms with Gasteiger partial charge in [-0.2, -0.15) is 11.8 Å². The molecule has 1 aliphatic heterocycles. The first kappa shape index (κ1) is 16.5. The van der Waals surface area contributed by atoms with E-state index < -0.39 is 5.97 Å². The van der Waals surface area contributed by atoms with Gasteiger partial charge in [0.15, 0.2) is 0 Å². The van der Waals surface area contributed by atoms with Crippen molar-refractivity contribution in [1.29, 1.82) is 0 Å². The molecule has 1 atom stereocenters. The summed E-state index contributed by atoms with van der Waals surface area (Å²) < 4.78 is 0. The monoisotopic (exact) mass is 314 g/mol. The Labute approximate surface area is 130 Å². The van der Waals surface area contributed by atoms with Crippen LogP contribution in [-0.2, 0) is 4.79 Å². The van der Waals surface area contributed by atoms with Gasteiger partial charge in [0.25, 0.3) is 0 Å². The quantitative estimate of drug-likeness (QED) is 0.839. The van der Waals surface area contributed by atoms with Crippen LogP contribution in [0.25, 0.3) is 0 Å². The molecule has 0 aromatic heterocycles. The molecule has 6 heteroatoms. The third-order valence-corrected chi connectivity index (χ3v) is 6.07. The van der Waals surface area contributed by atoms with Gasteiger partial charge in [-0.05, 0) is 31.6 Å². The first-order valence-corrected chi connectivity index (χ1v) is 8.92. The van der Waals surface area contributed by atoms with Crippen molar-refractivity contribution in [2.45, 2.75) is 50.8 Å². The van der Waals surface area contributed by atoms with E-state index in [0.29, 0.717) is 24.0 Å². The zero-order valence-corrected chi connectivity index (χ0v) is 13.7. The molecule has 2 rings (SSSR count). The molecule has 0 aromatic carbocycles. The second-order valence-electron chi connectivity index (χ2n) is 6.44. The number of urea groups is 1. The topological polar surface area (TPSA) is 69.6 Å². The standard InChI is InChI=1S/C15H26N2O3S/c1-10(2)13-9-17(7-8-21-13)15(20)16-12-5-3-11(4-6-12)14(18)19/h10-13H,3-9H2,1-2H3,(H,16,20)(H,18,19). The smallest absolute Gasteiger partial charge is 0.317 e. The summed E-state index contributed by atoms with van der Waals surface area (Å²) in [6, 6.07) is 0.167. The van der Waals surface area contributed by atoms with Crippen LogP contribution in [0.3, 0.4) is 0 Å². The summed E-state index contributed by atoms with van der Waals surface area (Å²) in [4.78, 5) is 25.2. The molecule has 2 fully saturated rings. The zero-order chi connectivity index (χ0) is 15.4. The summed E-state index contributed by atoms with van der Waals surface area (Å²) in [6.45, 7) is 6.03. The lowest BCUT2D eigenvalue weighted by Crippen LogP contribution is -2.51. The lowest BCUT2D eigenvalue weighted by atomic mass is 9.86. The minimum Gasteiger partial charge on any atom is -0.481 e. The number of carbonyl (C=O) groups excluding carboxylic acids is 1. The maximum atomic E-state index is 12.3. The Bertz CT molecular complexity index is 381. The molecule has 2 amide bonds. The van der Waals surface area contributed by atoms with Crippen LogP contribution in [0.15, 0.2) is 0 Å². The van der Waals surface area contributed by atoms with Gasteiger partial charge in [-0.3, -0.25) is 4.79 Å². The van der Waals surface area contributed by atoms with Crippen LogP contribution in [0.5, 0.6) is 0 Å². The van der Waals surface area contributed by atoms with E-state index in [4.69, 9.17) is 5.11 Å². The summed E-state index contributed by atoms with van der Waals surface area (Å²) in [6.07, 6.45) is 2.90. The number of thioether (sulfide) groups is 1. The number of carbonyl (C=O) groups is 2. The van der Waals surface area contributed by atoms with E-state index in [2.05, 4.69) is 19.2 Å². The Hall–Kier alpha value is -0.910. The number of nitrogens with zero attached hydrogens (tertiary/aromatic N) is 1. The number of rotatable bonds is 3. The number of carboxylic acids is 1. The molecule has 1 unspecified atom stereocenters. The Balaban J connectivity index is 1.78. The third kappa shape index (κ3) is 4.53. The van der Waals surface area contributed by atoms with Gasteiger partial charge in [0, 0.05) is 30.1 Å². The van der Waals surface area contributed by atoms with E-state index in [1.165, 1.54) is 0 Å². The van der Waals surface area contributed by atoms with Gasteiger partial charge in [-0.1, -0.05) is 13.8 Å². The highest BCUT2D eigenvalue weighted by Crippen LogP contribution is 2.26. The summed E-state index contributed by atoms with van der Waals surface area (Å²) in [5, 5.41) is 12.6. The molecule has 0 aromatic rings. The first-order chi connectivity index (χ1) is 9.97. The van der Waals surface area contributed by atoms with Crippen LogP contribution in [0, 0.1) is 11.8 Å². The van der Waals surface area contributed by atoms with Crippen LogP contribution in [0.4, 0.5) is 4.79 Å². The van der Waals surface area contributed by atoms with Gasteiger partial charge in [-0.25, -0.2) is 4.79 Å². The van der Waals surface area contributed by atoms with Gasteiger partial charge in [0.1, 0.15) is 0 Å². The van der Waals surface area contributed by atoms with Crippen molar-refractivity contribution in [3.63, 3.8) is 0 Å². The van der Waals surface area contributed by atoms with Crippen LogP contribution in [-0.4, -0.2) is 52.1 Å². The molecule has 1 aliphatic carbocycles. The molecule has 120 valence electrons. The Morgan fingerprint density at radius 2 is 1.90 bits per heavy atom. The molecule has 1 heterocycles. The average Bonchev–Trinajstić information content (AvgIpc) is 2.48. The van der Waals surface area contributed by atoms with Gasteiger partial charge >= 0.3 is 12.0 Å². The van der Waals surface area contributed by atoms with Crippen LogP contribution in [0.1, 0.15) is 39.5 Å². The van der Waals surface area contributed by atoms with Crippen LogP contribution >= 0.6 is 11.8 Å². The minimum atomic E-state index is -0.701. The number of aliphatic carboxylic acids is 1. The number of hydrogen-bond acceptors (Lipinski definition) is 3. The molecule has 21 heavy (non-hydrogen) atoms. The number of nitrogens with one attached hydrogen (secondary N) is 1. The normalized spacial score (nSPS) is 30.2. The van der Waals surface area contributed by atoms with Gasteiger partial charge < -0.3 is 15.3 Å². The van der Waals surface area contributed by atoms with Crippen molar-refractivity contribution < 1.29 is 14.7 Å². The molecule has 5 nitrogen and oxygen atoms in total. The fraction of sp³-hybridized carbons (Fsp3) is 0.867. The van der Waals surface area contributed by atoms with Crippen molar-refractivity contribution >= 4 is 23.8 Å². The number of hydrogen-bond donors (Lipinski definition) is 2. The van der Waals surface area contributed by atoms with Gasteiger partial charge in [-0.15, -0.1) is 0 Å².